The minimum atomic E-state index is -0.0872. The van der Waals surface area contributed by atoms with E-state index in [4.69, 9.17) is 4.74 Å². The number of urea groups is 1. The molecule has 0 bridgehead atoms. The topological polar surface area (TPSA) is 73.8 Å². The molecule has 2 amide bonds. The molecule has 1 N–H and O–H groups in total. The van der Waals surface area contributed by atoms with Crippen LogP contribution < -0.4 is 19.9 Å². The van der Waals surface area contributed by atoms with Gasteiger partial charge in [-0.25, -0.2) is 14.8 Å². The smallest absolute Gasteiger partial charge is 0.321 e. The number of nitrogens with zero attached hydrogens (tertiary/aromatic N) is 5. The van der Waals surface area contributed by atoms with E-state index < -0.39 is 0 Å². The Morgan fingerprint density at radius 3 is 2.27 bits per heavy atom. The molecule has 1 aromatic heterocycles. The molecular weight excluding hydrogens is 380 g/mol. The van der Waals surface area contributed by atoms with E-state index in [1.807, 2.05) is 36.1 Å². The van der Waals surface area contributed by atoms with Crippen molar-refractivity contribution in [2.24, 2.45) is 0 Å². The Labute approximate surface area is 177 Å². The summed E-state index contributed by atoms with van der Waals surface area (Å²) in [5.41, 5.74) is 0.736. The molecule has 4 rings (SSSR count). The highest BCUT2D eigenvalue weighted by molar-refractivity contribution is 5.89. The van der Waals surface area contributed by atoms with Gasteiger partial charge in [-0.3, -0.25) is 0 Å². The number of carbonyl (C=O) groups is 1. The number of carbonyl (C=O) groups excluding carboxylic acids is 1. The lowest BCUT2D eigenvalue weighted by molar-refractivity contribution is 0.208. The van der Waals surface area contributed by atoms with Crippen LogP contribution in [0.25, 0.3) is 0 Å². The van der Waals surface area contributed by atoms with E-state index in [9.17, 15) is 4.79 Å². The van der Waals surface area contributed by atoms with Crippen LogP contribution in [-0.2, 0) is 0 Å². The van der Waals surface area contributed by atoms with Crippen LogP contribution in [0.3, 0.4) is 0 Å². The van der Waals surface area contributed by atoms with Gasteiger partial charge in [-0.2, -0.15) is 0 Å². The first-order valence-electron chi connectivity index (χ1n) is 10.7. The molecule has 0 spiro atoms. The number of hydrogen-bond acceptors (Lipinski definition) is 6. The number of rotatable bonds is 4. The molecule has 2 aliphatic heterocycles. The van der Waals surface area contributed by atoms with Crippen molar-refractivity contribution in [3.8, 4) is 5.75 Å². The second kappa shape index (κ2) is 9.19. The highest BCUT2D eigenvalue weighted by atomic mass is 16.5. The van der Waals surface area contributed by atoms with Gasteiger partial charge in [0.15, 0.2) is 0 Å². The standard InChI is InChI=1S/C22H30N6O2/c1-17-23-20(26-9-4-3-5-10-26)16-21(24-17)27-11-13-28(14-12-27)22(29)25-18-7-6-8-19(15-18)30-2/h6-8,15-16H,3-5,9-14H2,1-2H3,(H,25,29). The fraction of sp³-hybridized carbons (Fsp3) is 0.500. The first-order valence-corrected chi connectivity index (χ1v) is 10.7. The molecule has 30 heavy (non-hydrogen) atoms. The molecule has 0 unspecified atom stereocenters. The van der Waals surface area contributed by atoms with Crippen molar-refractivity contribution in [1.82, 2.24) is 14.9 Å². The van der Waals surface area contributed by atoms with Gasteiger partial charge < -0.3 is 24.8 Å². The van der Waals surface area contributed by atoms with Gasteiger partial charge in [-0.1, -0.05) is 6.07 Å². The third kappa shape index (κ3) is 4.75. The Bertz CT molecular complexity index is 876. The largest absolute Gasteiger partial charge is 0.497 e. The van der Waals surface area contributed by atoms with E-state index in [1.54, 1.807) is 7.11 Å². The second-order valence-electron chi connectivity index (χ2n) is 7.82. The van der Waals surface area contributed by atoms with Crippen molar-refractivity contribution in [1.29, 1.82) is 0 Å². The summed E-state index contributed by atoms with van der Waals surface area (Å²) < 4.78 is 5.22. The minimum Gasteiger partial charge on any atom is -0.497 e. The van der Waals surface area contributed by atoms with Gasteiger partial charge in [0, 0.05) is 57.1 Å². The monoisotopic (exact) mass is 410 g/mol. The number of amides is 2. The van der Waals surface area contributed by atoms with Crippen molar-refractivity contribution in [3.05, 3.63) is 36.2 Å². The number of methoxy groups -OCH3 is 1. The Hall–Kier alpha value is -3.03. The van der Waals surface area contributed by atoms with Crippen LogP contribution in [-0.4, -0.2) is 67.3 Å². The lowest BCUT2D eigenvalue weighted by atomic mass is 10.1. The zero-order valence-corrected chi connectivity index (χ0v) is 17.8. The molecule has 0 aliphatic carbocycles. The number of anilines is 3. The van der Waals surface area contributed by atoms with Gasteiger partial charge >= 0.3 is 6.03 Å². The molecule has 2 aromatic rings. The lowest BCUT2D eigenvalue weighted by Crippen LogP contribution is -2.50. The van der Waals surface area contributed by atoms with Crippen LogP contribution in [0, 0.1) is 6.92 Å². The Morgan fingerprint density at radius 2 is 1.60 bits per heavy atom. The summed E-state index contributed by atoms with van der Waals surface area (Å²) in [5, 5.41) is 2.96. The van der Waals surface area contributed by atoms with Crippen LogP contribution in [0.4, 0.5) is 22.1 Å². The lowest BCUT2D eigenvalue weighted by Gasteiger charge is -2.36. The van der Waals surface area contributed by atoms with Gasteiger partial charge in [0.2, 0.25) is 0 Å². The summed E-state index contributed by atoms with van der Waals surface area (Å²) in [5.74, 6) is 3.50. The SMILES string of the molecule is COc1cccc(NC(=O)N2CCN(c3cc(N4CCCCC4)nc(C)n3)CC2)c1. The van der Waals surface area contributed by atoms with Crippen LogP contribution in [0.15, 0.2) is 30.3 Å². The molecule has 2 aliphatic rings. The van der Waals surface area contributed by atoms with Crippen molar-refractivity contribution in [3.63, 3.8) is 0 Å². The fourth-order valence-electron chi connectivity index (χ4n) is 4.03. The summed E-state index contributed by atoms with van der Waals surface area (Å²) in [6, 6.07) is 9.42. The number of ether oxygens (including phenoxy) is 1. The molecule has 2 saturated heterocycles. The van der Waals surface area contributed by atoms with Crippen molar-refractivity contribution in [2.45, 2.75) is 26.2 Å². The van der Waals surface area contributed by atoms with Crippen molar-refractivity contribution in [2.75, 3.05) is 61.5 Å². The first kappa shape index (κ1) is 20.3. The molecular formula is C22H30N6O2. The van der Waals surface area contributed by atoms with E-state index in [1.165, 1.54) is 19.3 Å². The highest BCUT2D eigenvalue weighted by Crippen LogP contribution is 2.23. The molecule has 0 saturated carbocycles. The van der Waals surface area contributed by atoms with Gasteiger partial charge in [0.05, 0.1) is 7.11 Å². The second-order valence-corrected chi connectivity index (χ2v) is 7.82. The van der Waals surface area contributed by atoms with Crippen LogP contribution in [0.1, 0.15) is 25.1 Å². The van der Waals surface area contributed by atoms with E-state index in [2.05, 4.69) is 31.2 Å². The molecule has 0 atom stereocenters. The number of nitrogens with one attached hydrogen (secondary N) is 1. The van der Waals surface area contributed by atoms with Gasteiger partial charge in [0.1, 0.15) is 23.2 Å². The maximum absolute atomic E-state index is 12.6. The van der Waals surface area contributed by atoms with Gasteiger partial charge in [0.25, 0.3) is 0 Å². The number of aromatic nitrogens is 2. The van der Waals surface area contributed by atoms with E-state index in [-0.39, 0.29) is 6.03 Å². The summed E-state index contributed by atoms with van der Waals surface area (Å²) in [4.78, 5) is 28.4. The third-order valence-electron chi connectivity index (χ3n) is 5.70. The normalized spacial score (nSPS) is 17.1. The van der Waals surface area contributed by atoms with Crippen LogP contribution in [0.2, 0.25) is 0 Å². The number of piperidine rings is 1. The number of benzene rings is 1. The predicted octanol–water partition coefficient (Wildman–Crippen LogP) is 3.14. The van der Waals surface area contributed by atoms with Crippen LogP contribution in [0.5, 0.6) is 5.75 Å². The Morgan fingerprint density at radius 1 is 0.933 bits per heavy atom. The summed E-state index contributed by atoms with van der Waals surface area (Å²) in [6.45, 7) is 6.88. The molecule has 2 fully saturated rings. The molecule has 0 radical (unpaired) electrons. The molecule has 1 aromatic carbocycles. The van der Waals surface area contributed by atoms with E-state index in [0.29, 0.717) is 13.1 Å². The molecule has 3 heterocycles. The Balaban J connectivity index is 1.37. The van der Waals surface area contributed by atoms with Crippen molar-refractivity contribution < 1.29 is 9.53 Å². The van der Waals surface area contributed by atoms with Gasteiger partial charge in [-0.05, 0) is 38.3 Å². The quantitative estimate of drug-likeness (QED) is 0.835. The number of hydrogen-bond donors (Lipinski definition) is 1. The summed E-state index contributed by atoms with van der Waals surface area (Å²) >= 11 is 0. The number of aryl methyl sites for hydroxylation is 1. The average Bonchev–Trinajstić information content (AvgIpc) is 2.79. The summed E-state index contributed by atoms with van der Waals surface area (Å²) in [7, 11) is 1.62. The van der Waals surface area contributed by atoms with Crippen LogP contribution >= 0.6 is 0 Å². The highest BCUT2D eigenvalue weighted by Gasteiger charge is 2.23. The number of piperazine rings is 1. The van der Waals surface area contributed by atoms with Crippen molar-refractivity contribution >= 4 is 23.4 Å². The average molecular weight is 411 g/mol. The van der Waals surface area contributed by atoms with E-state index in [0.717, 1.165) is 55.1 Å². The first-order chi connectivity index (χ1) is 14.6. The maximum atomic E-state index is 12.6. The minimum absolute atomic E-state index is 0.0872. The predicted molar refractivity (Wildman–Crippen MR) is 119 cm³/mol. The fourth-order valence-corrected chi connectivity index (χ4v) is 4.03. The summed E-state index contributed by atoms with van der Waals surface area (Å²) in [6.07, 6.45) is 3.74. The molecule has 8 heteroatoms. The third-order valence-corrected chi connectivity index (χ3v) is 5.70. The van der Waals surface area contributed by atoms with E-state index >= 15 is 0 Å². The van der Waals surface area contributed by atoms with Gasteiger partial charge in [-0.15, -0.1) is 0 Å². The zero-order chi connectivity index (χ0) is 20.9. The molecule has 8 nitrogen and oxygen atoms in total. The maximum Gasteiger partial charge on any atom is 0.321 e. The molecule has 160 valence electrons. The Kier molecular flexibility index (Phi) is 6.21. The zero-order valence-electron chi connectivity index (χ0n) is 17.8.